The van der Waals surface area contributed by atoms with Gasteiger partial charge in [0, 0.05) is 19.5 Å². The van der Waals surface area contributed by atoms with E-state index < -0.39 is 5.41 Å². The smallest absolute Gasteiger partial charge is 0.311 e. The molecule has 0 aliphatic rings. The number of carbonyl (C=O) groups is 1. The molecule has 0 radical (unpaired) electrons. The number of ether oxygens (including phenoxy) is 3. The lowest BCUT2D eigenvalue weighted by Crippen LogP contribution is -2.33. The number of pyridine rings is 1. The van der Waals surface area contributed by atoms with E-state index in [1.54, 1.807) is 7.11 Å². The van der Waals surface area contributed by atoms with Gasteiger partial charge in [0.15, 0.2) is 0 Å². The maximum Gasteiger partial charge on any atom is 0.311 e. The quantitative estimate of drug-likeness (QED) is 0.320. The van der Waals surface area contributed by atoms with Crippen LogP contribution in [0.25, 0.3) is 0 Å². The third kappa shape index (κ3) is 8.90. The van der Waals surface area contributed by atoms with Gasteiger partial charge in [-0.3, -0.25) is 9.78 Å². The van der Waals surface area contributed by atoms with Crippen molar-refractivity contribution in [2.24, 2.45) is 5.41 Å². The second-order valence-electron chi connectivity index (χ2n) is 9.63. The van der Waals surface area contributed by atoms with Crippen molar-refractivity contribution in [3.8, 4) is 0 Å². The molecule has 182 valence electrons. The van der Waals surface area contributed by atoms with E-state index >= 15 is 0 Å². The first-order chi connectivity index (χ1) is 15.8. The lowest BCUT2D eigenvalue weighted by atomic mass is 9.75. The molecular weight excluding hydrogens is 414 g/mol. The summed E-state index contributed by atoms with van der Waals surface area (Å²) >= 11 is 0. The number of hydrogen-bond donors (Lipinski definition) is 0. The van der Waals surface area contributed by atoms with E-state index in [1.807, 2.05) is 40.1 Å². The fourth-order valence-corrected chi connectivity index (χ4v) is 4.24. The van der Waals surface area contributed by atoms with Gasteiger partial charge in [-0.2, -0.15) is 0 Å². The number of hydrogen-bond acceptors (Lipinski definition) is 5. The van der Waals surface area contributed by atoms with E-state index in [-0.39, 0.29) is 24.1 Å². The molecule has 0 spiro atoms. The van der Waals surface area contributed by atoms with Crippen LogP contribution in [0.1, 0.15) is 76.8 Å². The van der Waals surface area contributed by atoms with Crippen LogP contribution < -0.4 is 0 Å². The van der Waals surface area contributed by atoms with E-state index in [1.165, 1.54) is 11.1 Å². The molecule has 0 fully saturated rings. The summed E-state index contributed by atoms with van der Waals surface area (Å²) in [5.74, 6) is 0.449. The van der Waals surface area contributed by atoms with Crippen molar-refractivity contribution in [2.45, 2.75) is 77.9 Å². The van der Waals surface area contributed by atoms with E-state index in [0.717, 1.165) is 12.8 Å². The molecule has 0 bridgehead atoms. The summed E-state index contributed by atoms with van der Waals surface area (Å²) in [4.78, 5) is 17.3. The summed E-state index contributed by atoms with van der Waals surface area (Å²) in [5.41, 5.74) is 1.93. The second-order valence-corrected chi connectivity index (χ2v) is 9.63. The zero-order valence-corrected chi connectivity index (χ0v) is 21.1. The minimum atomic E-state index is -0.630. The standard InChI is InChI=1S/C28H41NO4/c1-7-23(24-11-9-8-10-12-24)17-26(25-13-15-29-16-14-25)18-28(4,5)27(30)33-22(3)20-32-21(2)19-31-6/h8-16,21-23,26H,7,17-20H2,1-6H3. The van der Waals surface area contributed by atoms with Crippen molar-refractivity contribution in [3.05, 3.63) is 66.0 Å². The van der Waals surface area contributed by atoms with Gasteiger partial charge in [-0.1, -0.05) is 37.3 Å². The lowest BCUT2D eigenvalue weighted by molar-refractivity contribution is -0.163. The molecule has 0 amide bonds. The van der Waals surface area contributed by atoms with E-state index in [4.69, 9.17) is 14.2 Å². The molecule has 4 atom stereocenters. The fourth-order valence-electron chi connectivity index (χ4n) is 4.24. The number of esters is 1. The van der Waals surface area contributed by atoms with Crippen LogP contribution in [0.15, 0.2) is 54.9 Å². The molecule has 4 unspecified atom stereocenters. The van der Waals surface area contributed by atoms with Crippen LogP contribution in [0.3, 0.4) is 0 Å². The molecule has 1 heterocycles. The van der Waals surface area contributed by atoms with E-state index in [2.05, 4.69) is 54.4 Å². The Morgan fingerprint density at radius 1 is 0.939 bits per heavy atom. The predicted molar refractivity (Wildman–Crippen MR) is 132 cm³/mol. The molecule has 2 aromatic rings. The Bertz CT molecular complexity index is 809. The number of carbonyl (C=O) groups excluding carboxylic acids is 1. The summed E-state index contributed by atoms with van der Waals surface area (Å²) in [6.45, 7) is 10.9. The molecule has 1 aromatic carbocycles. The highest BCUT2D eigenvalue weighted by atomic mass is 16.6. The van der Waals surface area contributed by atoms with Crippen LogP contribution in [-0.4, -0.2) is 43.5 Å². The van der Waals surface area contributed by atoms with Gasteiger partial charge in [-0.05, 0) is 82.1 Å². The summed E-state index contributed by atoms with van der Waals surface area (Å²) in [6, 6.07) is 14.8. The zero-order valence-electron chi connectivity index (χ0n) is 21.1. The van der Waals surface area contributed by atoms with Gasteiger partial charge in [0.2, 0.25) is 0 Å². The average Bonchev–Trinajstić information content (AvgIpc) is 2.81. The Labute approximate surface area is 199 Å². The summed E-state index contributed by atoms with van der Waals surface area (Å²) in [6.07, 6.45) is 6.02. The van der Waals surface area contributed by atoms with Crippen LogP contribution in [0.2, 0.25) is 0 Å². The first kappa shape index (κ1) is 27.0. The SMILES string of the molecule is CCC(CC(CC(C)(C)C(=O)OC(C)COC(C)COC)c1ccncc1)c1ccccc1. The molecule has 5 nitrogen and oxygen atoms in total. The largest absolute Gasteiger partial charge is 0.460 e. The highest BCUT2D eigenvalue weighted by molar-refractivity contribution is 5.76. The highest BCUT2D eigenvalue weighted by Crippen LogP contribution is 2.40. The van der Waals surface area contributed by atoms with Gasteiger partial charge in [0.1, 0.15) is 6.10 Å². The molecule has 0 aliphatic heterocycles. The Morgan fingerprint density at radius 2 is 1.58 bits per heavy atom. The molecule has 5 heteroatoms. The number of nitrogens with zero attached hydrogens (tertiary/aromatic N) is 1. The highest BCUT2D eigenvalue weighted by Gasteiger charge is 2.35. The molecule has 0 saturated carbocycles. The minimum Gasteiger partial charge on any atom is -0.460 e. The Balaban J connectivity index is 2.09. The first-order valence-electron chi connectivity index (χ1n) is 12.0. The van der Waals surface area contributed by atoms with E-state index in [9.17, 15) is 4.79 Å². The number of aromatic nitrogens is 1. The Kier molecular flexibility index (Phi) is 11.0. The minimum absolute atomic E-state index is 0.0378. The second kappa shape index (κ2) is 13.5. The molecule has 0 aliphatic carbocycles. The van der Waals surface area contributed by atoms with Crippen molar-refractivity contribution < 1.29 is 19.0 Å². The first-order valence-corrected chi connectivity index (χ1v) is 12.0. The Hall–Kier alpha value is -2.24. The molecular formula is C28H41NO4. The van der Waals surface area contributed by atoms with Crippen LogP contribution in [-0.2, 0) is 19.0 Å². The van der Waals surface area contributed by atoms with Crippen molar-refractivity contribution in [1.82, 2.24) is 4.98 Å². The van der Waals surface area contributed by atoms with Gasteiger partial charge in [0.25, 0.3) is 0 Å². The fraction of sp³-hybridized carbons (Fsp3) is 0.571. The van der Waals surface area contributed by atoms with Crippen molar-refractivity contribution >= 4 is 5.97 Å². The monoisotopic (exact) mass is 455 g/mol. The van der Waals surface area contributed by atoms with Crippen LogP contribution >= 0.6 is 0 Å². The zero-order chi connectivity index (χ0) is 24.3. The molecule has 0 N–H and O–H groups in total. The molecule has 1 aromatic heterocycles. The molecule has 33 heavy (non-hydrogen) atoms. The maximum atomic E-state index is 13.1. The third-order valence-electron chi connectivity index (χ3n) is 6.14. The molecule has 0 saturated heterocycles. The predicted octanol–water partition coefficient (Wildman–Crippen LogP) is 6.15. The van der Waals surface area contributed by atoms with Gasteiger partial charge in [0.05, 0.1) is 24.7 Å². The third-order valence-corrected chi connectivity index (χ3v) is 6.14. The summed E-state index contributed by atoms with van der Waals surface area (Å²) in [7, 11) is 1.64. The summed E-state index contributed by atoms with van der Waals surface area (Å²) < 4.78 is 16.6. The van der Waals surface area contributed by atoms with Gasteiger partial charge < -0.3 is 14.2 Å². The number of rotatable bonds is 14. The Morgan fingerprint density at radius 3 is 2.18 bits per heavy atom. The number of benzene rings is 1. The van der Waals surface area contributed by atoms with Crippen LogP contribution in [0.5, 0.6) is 0 Å². The van der Waals surface area contributed by atoms with Crippen molar-refractivity contribution in [2.75, 3.05) is 20.3 Å². The average molecular weight is 456 g/mol. The van der Waals surface area contributed by atoms with Crippen LogP contribution in [0.4, 0.5) is 0 Å². The van der Waals surface area contributed by atoms with E-state index in [0.29, 0.717) is 25.6 Å². The lowest BCUT2D eigenvalue weighted by Gasteiger charge is -2.31. The van der Waals surface area contributed by atoms with Crippen molar-refractivity contribution in [3.63, 3.8) is 0 Å². The topological polar surface area (TPSA) is 57.7 Å². The van der Waals surface area contributed by atoms with Crippen molar-refractivity contribution in [1.29, 1.82) is 0 Å². The maximum absolute atomic E-state index is 13.1. The normalized spacial score (nSPS) is 15.5. The van der Waals surface area contributed by atoms with Crippen LogP contribution in [0, 0.1) is 5.41 Å². The van der Waals surface area contributed by atoms with Gasteiger partial charge in [-0.15, -0.1) is 0 Å². The summed E-state index contributed by atoms with van der Waals surface area (Å²) in [5, 5.41) is 0. The van der Waals surface area contributed by atoms with Gasteiger partial charge >= 0.3 is 5.97 Å². The molecule has 2 rings (SSSR count). The number of methoxy groups -OCH3 is 1. The van der Waals surface area contributed by atoms with Gasteiger partial charge in [-0.25, -0.2) is 0 Å².